The van der Waals surface area contributed by atoms with Gasteiger partial charge in [-0.15, -0.1) is 0 Å². The van der Waals surface area contributed by atoms with Crippen molar-refractivity contribution in [3.63, 3.8) is 0 Å². The van der Waals surface area contributed by atoms with Crippen LogP contribution >= 0.6 is 11.6 Å². The number of hydrogen-bond donors (Lipinski definition) is 3. The Kier molecular flexibility index (Phi) is 3.53. The molecule has 1 aliphatic rings. The molecular weight excluding hydrogens is 367 g/mol. The Morgan fingerprint density at radius 1 is 1.12 bits per heavy atom. The fourth-order valence-corrected chi connectivity index (χ4v) is 2.66. The number of halogens is 4. The summed E-state index contributed by atoms with van der Waals surface area (Å²) in [6.45, 7) is 0. The van der Waals surface area contributed by atoms with E-state index < -0.39 is 51.4 Å². The van der Waals surface area contributed by atoms with Gasteiger partial charge in [-0.3, -0.25) is 24.3 Å². The molecule has 1 aromatic heterocycles. The molecular formula is C14H7ClF3N3O4. The SMILES string of the molecule is Nc1c2c(cc(=O)n1-c1cc(C(F)(F)F)cc(Cl)c1O)C(=O)NC2=O. The molecule has 0 aliphatic carbocycles. The van der Waals surface area contributed by atoms with Gasteiger partial charge in [0.25, 0.3) is 17.4 Å². The Labute approximate surface area is 141 Å². The second kappa shape index (κ2) is 5.24. The number of alkyl halides is 3. The number of benzene rings is 1. The quantitative estimate of drug-likeness (QED) is 0.658. The summed E-state index contributed by atoms with van der Waals surface area (Å²) < 4.78 is 39.4. The van der Waals surface area contributed by atoms with Crippen molar-refractivity contribution in [3.8, 4) is 11.4 Å². The second-order valence-corrected chi connectivity index (χ2v) is 5.51. The number of aromatic hydroxyl groups is 1. The molecule has 1 aliphatic heterocycles. The largest absolute Gasteiger partial charge is 0.504 e. The number of fused-ring (bicyclic) bond motifs is 1. The molecule has 11 heteroatoms. The summed E-state index contributed by atoms with van der Waals surface area (Å²) in [4.78, 5) is 35.6. The van der Waals surface area contributed by atoms with E-state index in [-0.39, 0.29) is 11.1 Å². The Balaban J connectivity index is 2.38. The number of carbonyl (C=O) groups is 2. The number of rotatable bonds is 1. The molecule has 0 fully saturated rings. The van der Waals surface area contributed by atoms with Gasteiger partial charge in [0.1, 0.15) is 5.82 Å². The van der Waals surface area contributed by atoms with Gasteiger partial charge in [-0.1, -0.05) is 11.6 Å². The molecule has 2 heterocycles. The van der Waals surface area contributed by atoms with Gasteiger partial charge in [0.05, 0.1) is 27.4 Å². The Bertz CT molecular complexity index is 1010. The molecule has 0 unspecified atom stereocenters. The monoisotopic (exact) mass is 373 g/mol. The van der Waals surface area contributed by atoms with Crippen LogP contribution in [0.1, 0.15) is 26.3 Å². The summed E-state index contributed by atoms with van der Waals surface area (Å²) in [7, 11) is 0. The van der Waals surface area contributed by atoms with Crippen LogP contribution in [0.15, 0.2) is 23.0 Å². The van der Waals surface area contributed by atoms with Crippen LogP contribution < -0.4 is 16.6 Å². The van der Waals surface area contributed by atoms with Crippen molar-refractivity contribution >= 4 is 29.2 Å². The molecule has 7 nitrogen and oxygen atoms in total. The lowest BCUT2D eigenvalue weighted by molar-refractivity contribution is -0.137. The Hall–Kier alpha value is -3.01. The lowest BCUT2D eigenvalue weighted by atomic mass is 10.1. The number of pyridine rings is 1. The highest BCUT2D eigenvalue weighted by atomic mass is 35.5. The van der Waals surface area contributed by atoms with Gasteiger partial charge in [0, 0.05) is 6.07 Å². The number of nitrogens with one attached hydrogen (secondary N) is 1. The second-order valence-electron chi connectivity index (χ2n) is 5.10. The molecule has 2 amide bonds. The van der Waals surface area contributed by atoms with E-state index in [1.165, 1.54) is 0 Å². The minimum absolute atomic E-state index is 0.304. The molecule has 0 bridgehead atoms. The highest BCUT2D eigenvalue weighted by molar-refractivity contribution is 6.32. The maximum atomic E-state index is 13.0. The first kappa shape index (κ1) is 16.8. The van der Waals surface area contributed by atoms with Crippen LogP contribution in [0, 0.1) is 0 Å². The fourth-order valence-electron chi connectivity index (χ4n) is 2.45. The van der Waals surface area contributed by atoms with Crippen molar-refractivity contribution in [3.05, 3.63) is 50.3 Å². The normalized spacial score (nSPS) is 13.8. The van der Waals surface area contributed by atoms with E-state index in [1.807, 2.05) is 5.32 Å². The topological polar surface area (TPSA) is 114 Å². The molecule has 0 saturated carbocycles. The van der Waals surface area contributed by atoms with Gasteiger partial charge >= 0.3 is 6.18 Å². The molecule has 0 radical (unpaired) electrons. The number of phenolic OH excluding ortho intramolecular Hbond substituents is 1. The standard InChI is InChI=1S/C14H7ClF3N3O4/c15-6-1-4(14(16,17)18)2-7(10(6)23)21-8(22)3-5-9(11(21)19)13(25)20-12(5)24/h1-3,23H,19H2,(H,20,24,25). The lowest BCUT2D eigenvalue weighted by Gasteiger charge is -2.16. The van der Waals surface area contributed by atoms with Crippen LogP contribution in [-0.2, 0) is 6.18 Å². The predicted octanol–water partition coefficient (Wildman–Crippen LogP) is 1.68. The summed E-state index contributed by atoms with van der Waals surface area (Å²) in [5, 5.41) is 11.2. The third-order valence-electron chi connectivity index (χ3n) is 3.56. The zero-order valence-electron chi connectivity index (χ0n) is 11.9. The van der Waals surface area contributed by atoms with Crippen LogP contribution in [0.4, 0.5) is 19.0 Å². The number of nitrogens with two attached hydrogens (primary N) is 1. The lowest BCUT2D eigenvalue weighted by Crippen LogP contribution is -2.24. The third kappa shape index (κ3) is 2.50. The maximum absolute atomic E-state index is 13.0. The Morgan fingerprint density at radius 3 is 2.36 bits per heavy atom. The minimum atomic E-state index is -4.81. The zero-order chi connectivity index (χ0) is 18.7. The summed E-state index contributed by atoms with van der Waals surface area (Å²) in [6, 6.07) is 1.67. The average molecular weight is 374 g/mol. The zero-order valence-corrected chi connectivity index (χ0v) is 12.7. The van der Waals surface area contributed by atoms with Crippen LogP contribution in [-0.4, -0.2) is 21.5 Å². The first-order valence-corrected chi connectivity index (χ1v) is 6.91. The first-order valence-electron chi connectivity index (χ1n) is 6.53. The van der Waals surface area contributed by atoms with Gasteiger partial charge in [0.15, 0.2) is 5.75 Å². The van der Waals surface area contributed by atoms with Gasteiger partial charge in [-0.2, -0.15) is 13.2 Å². The number of phenols is 1. The van der Waals surface area contributed by atoms with E-state index in [9.17, 15) is 32.7 Å². The molecule has 25 heavy (non-hydrogen) atoms. The number of anilines is 1. The van der Waals surface area contributed by atoms with Gasteiger partial charge < -0.3 is 10.8 Å². The van der Waals surface area contributed by atoms with E-state index in [4.69, 9.17) is 17.3 Å². The average Bonchev–Trinajstić information content (AvgIpc) is 2.76. The number of aromatic nitrogens is 1. The van der Waals surface area contributed by atoms with E-state index in [0.717, 1.165) is 6.07 Å². The van der Waals surface area contributed by atoms with Crippen molar-refractivity contribution in [1.29, 1.82) is 0 Å². The number of amides is 2. The van der Waals surface area contributed by atoms with Crippen molar-refractivity contribution in [2.24, 2.45) is 0 Å². The van der Waals surface area contributed by atoms with Crippen LogP contribution in [0.5, 0.6) is 5.75 Å². The number of carbonyl (C=O) groups excluding carboxylic acids is 2. The molecule has 130 valence electrons. The molecule has 0 spiro atoms. The van der Waals surface area contributed by atoms with Crippen LogP contribution in [0.2, 0.25) is 5.02 Å². The molecule has 0 atom stereocenters. The molecule has 0 saturated heterocycles. The number of hydrogen-bond acceptors (Lipinski definition) is 5. The van der Waals surface area contributed by atoms with E-state index in [1.54, 1.807) is 0 Å². The third-order valence-corrected chi connectivity index (χ3v) is 3.85. The van der Waals surface area contributed by atoms with Gasteiger partial charge in [-0.25, -0.2) is 0 Å². The molecule has 3 rings (SSSR count). The van der Waals surface area contributed by atoms with Crippen molar-refractivity contribution in [2.45, 2.75) is 6.18 Å². The Morgan fingerprint density at radius 2 is 1.76 bits per heavy atom. The molecule has 1 aromatic carbocycles. The van der Waals surface area contributed by atoms with Crippen molar-refractivity contribution < 1.29 is 27.9 Å². The number of nitrogen functional groups attached to an aromatic ring is 1. The van der Waals surface area contributed by atoms with Crippen molar-refractivity contribution in [1.82, 2.24) is 9.88 Å². The predicted molar refractivity (Wildman–Crippen MR) is 79.9 cm³/mol. The van der Waals surface area contributed by atoms with Gasteiger partial charge in [0.2, 0.25) is 0 Å². The first-order chi connectivity index (χ1) is 11.5. The number of nitrogens with zero attached hydrogens (tertiary/aromatic N) is 1. The van der Waals surface area contributed by atoms with Crippen molar-refractivity contribution in [2.75, 3.05) is 5.73 Å². The fraction of sp³-hybridized carbons (Fsp3) is 0.0714. The summed E-state index contributed by atoms with van der Waals surface area (Å²) in [5.41, 5.74) is 2.10. The van der Waals surface area contributed by atoms with Crippen LogP contribution in [0.25, 0.3) is 5.69 Å². The van der Waals surface area contributed by atoms with E-state index in [2.05, 4.69) is 0 Å². The molecule has 4 N–H and O–H groups in total. The van der Waals surface area contributed by atoms with Crippen LogP contribution in [0.3, 0.4) is 0 Å². The number of imide groups is 1. The summed E-state index contributed by atoms with van der Waals surface area (Å²) in [5.74, 6) is -3.21. The highest BCUT2D eigenvalue weighted by Gasteiger charge is 2.35. The van der Waals surface area contributed by atoms with E-state index in [0.29, 0.717) is 16.7 Å². The van der Waals surface area contributed by atoms with Gasteiger partial charge in [-0.05, 0) is 12.1 Å². The highest BCUT2D eigenvalue weighted by Crippen LogP contribution is 2.39. The molecule has 2 aromatic rings. The smallest absolute Gasteiger partial charge is 0.416 e. The summed E-state index contributed by atoms with van der Waals surface area (Å²) in [6.07, 6.45) is -4.81. The minimum Gasteiger partial charge on any atom is -0.504 e. The summed E-state index contributed by atoms with van der Waals surface area (Å²) >= 11 is 5.61. The van der Waals surface area contributed by atoms with E-state index >= 15 is 0 Å². The maximum Gasteiger partial charge on any atom is 0.416 e.